The molecule has 0 saturated heterocycles. The molecule has 2 unspecified atom stereocenters. The molecule has 2 atom stereocenters. The van der Waals surface area contributed by atoms with E-state index < -0.39 is 6.04 Å². The highest BCUT2D eigenvalue weighted by Gasteiger charge is 2.38. The van der Waals surface area contributed by atoms with Crippen LogP contribution in [0.4, 0.5) is 5.69 Å². The second kappa shape index (κ2) is 6.54. The Kier molecular flexibility index (Phi) is 4.18. The lowest BCUT2D eigenvalue weighted by Crippen LogP contribution is -2.48. The summed E-state index contributed by atoms with van der Waals surface area (Å²) in [6.45, 7) is 6.16. The lowest BCUT2D eigenvalue weighted by atomic mass is 10.1. The van der Waals surface area contributed by atoms with Crippen molar-refractivity contribution < 1.29 is 9.53 Å². The number of aromatic nitrogens is 2. The van der Waals surface area contributed by atoms with Crippen LogP contribution in [0.15, 0.2) is 53.3 Å². The third-order valence-electron chi connectivity index (χ3n) is 5.00. The lowest BCUT2D eigenvalue weighted by Gasteiger charge is -2.38. The number of hydrogen-bond donors (Lipinski definition) is 0. The number of rotatable bonds is 3. The van der Waals surface area contributed by atoms with E-state index in [4.69, 9.17) is 9.72 Å². The standard InChI is InChI=1S/C21H21N3O3/c1-4-27-16-11-9-15(10-12-16)23-13(2)19-22-18-8-6-5-7-17(18)21(26)24(19)14(3)20(23)25/h5-14H,4H2,1-3H3. The number of ether oxygens (including phenoxy) is 1. The summed E-state index contributed by atoms with van der Waals surface area (Å²) >= 11 is 0. The zero-order chi connectivity index (χ0) is 19.1. The van der Waals surface area contributed by atoms with Gasteiger partial charge in [0.05, 0.1) is 23.6 Å². The minimum absolute atomic E-state index is 0.127. The van der Waals surface area contributed by atoms with Crippen LogP contribution in [-0.2, 0) is 4.79 Å². The number of nitrogens with zero attached hydrogens (tertiary/aromatic N) is 3. The van der Waals surface area contributed by atoms with E-state index in [1.807, 2.05) is 56.3 Å². The minimum Gasteiger partial charge on any atom is -0.494 e. The van der Waals surface area contributed by atoms with Crippen LogP contribution in [0.1, 0.15) is 38.7 Å². The van der Waals surface area contributed by atoms with Gasteiger partial charge < -0.3 is 9.64 Å². The van der Waals surface area contributed by atoms with Gasteiger partial charge in [0.15, 0.2) is 0 Å². The van der Waals surface area contributed by atoms with E-state index in [1.165, 1.54) is 4.57 Å². The summed E-state index contributed by atoms with van der Waals surface area (Å²) in [7, 11) is 0. The Morgan fingerprint density at radius 2 is 1.70 bits per heavy atom. The van der Waals surface area contributed by atoms with Crippen molar-refractivity contribution in [1.82, 2.24) is 9.55 Å². The summed E-state index contributed by atoms with van der Waals surface area (Å²) in [5.41, 5.74) is 1.24. The molecule has 0 fully saturated rings. The van der Waals surface area contributed by atoms with Gasteiger partial charge in [-0.3, -0.25) is 14.2 Å². The maximum Gasteiger partial charge on any atom is 0.262 e. The molecular formula is C21H21N3O3. The summed E-state index contributed by atoms with van der Waals surface area (Å²) in [5.74, 6) is 1.23. The predicted octanol–water partition coefficient (Wildman–Crippen LogP) is 3.46. The zero-order valence-corrected chi connectivity index (χ0v) is 15.5. The number of para-hydroxylation sites is 1. The monoisotopic (exact) mass is 363 g/mol. The van der Waals surface area contributed by atoms with Crippen LogP contribution in [0.3, 0.4) is 0 Å². The summed E-state index contributed by atoms with van der Waals surface area (Å²) in [4.78, 5) is 32.5. The molecule has 2 aromatic carbocycles. The second-order valence-electron chi connectivity index (χ2n) is 6.65. The van der Waals surface area contributed by atoms with Gasteiger partial charge in [-0.1, -0.05) is 12.1 Å². The number of carbonyl (C=O) groups excluding carboxylic acids is 1. The molecule has 1 aliphatic rings. The van der Waals surface area contributed by atoms with Gasteiger partial charge in [0.1, 0.15) is 17.6 Å². The van der Waals surface area contributed by atoms with Gasteiger partial charge in [0, 0.05) is 5.69 Å². The van der Waals surface area contributed by atoms with Crippen molar-refractivity contribution >= 4 is 22.5 Å². The van der Waals surface area contributed by atoms with Crippen molar-refractivity contribution in [2.45, 2.75) is 32.9 Å². The number of carbonyl (C=O) groups is 1. The number of anilines is 1. The molecule has 3 aromatic rings. The number of hydrogen-bond acceptors (Lipinski definition) is 4. The van der Waals surface area contributed by atoms with E-state index in [0.717, 1.165) is 11.4 Å². The Morgan fingerprint density at radius 1 is 1.00 bits per heavy atom. The van der Waals surface area contributed by atoms with Crippen LogP contribution in [0, 0.1) is 0 Å². The quantitative estimate of drug-likeness (QED) is 0.715. The first-order valence-electron chi connectivity index (χ1n) is 9.10. The number of fused-ring (bicyclic) bond motifs is 2. The van der Waals surface area contributed by atoms with E-state index in [1.54, 1.807) is 17.9 Å². The maximum atomic E-state index is 13.1. The highest BCUT2D eigenvalue weighted by Crippen LogP contribution is 2.34. The molecule has 0 N–H and O–H groups in total. The lowest BCUT2D eigenvalue weighted by molar-refractivity contribution is -0.122. The highest BCUT2D eigenvalue weighted by atomic mass is 16.5. The molecule has 1 aliphatic heterocycles. The van der Waals surface area contributed by atoms with Gasteiger partial charge in [0.2, 0.25) is 0 Å². The Hall–Kier alpha value is -3.15. The number of benzene rings is 2. The Morgan fingerprint density at radius 3 is 2.41 bits per heavy atom. The molecule has 6 nitrogen and oxygen atoms in total. The van der Waals surface area contributed by atoms with Crippen LogP contribution in [0.5, 0.6) is 5.75 Å². The maximum absolute atomic E-state index is 13.1. The Labute approximate surface area is 157 Å². The first-order valence-corrected chi connectivity index (χ1v) is 9.10. The molecule has 0 spiro atoms. The van der Waals surface area contributed by atoms with Gasteiger partial charge in [-0.15, -0.1) is 0 Å². The molecule has 138 valence electrons. The predicted molar refractivity (Wildman–Crippen MR) is 104 cm³/mol. The van der Waals surface area contributed by atoms with Crippen molar-refractivity contribution in [3.8, 4) is 5.75 Å². The van der Waals surface area contributed by atoms with Gasteiger partial charge in [0.25, 0.3) is 11.5 Å². The third kappa shape index (κ3) is 2.68. The fraction of sp³-hybridized carbons (Fsp3) is 0.286. The molecular weight excluding hydrogens is 342 g/mol. The van der Waals surface area contributed by atoms with E-state index in [0.29, 0.717) is 23.3 Å². The van der Waals surface area contributed by atoms with E-state index in [9.17, 15) is 9.59 Å². The highest BCUT2D eigenvalue weighted by molar-refractivity contribution is 5.98. The largest absolute Gasteiger partial charge is 0.494 e. The second-order valence-corrected chi connectivity index (χ2v) is 6.65. The SMILES string of the molecule is CCOc1ccc(N2C(=O)C(C)n3c(nc4ccccc4c3=O)C2C)cc1. The fourth-order valence-corrected chi connectivity index (χ4v) is 3.67. The van der Waals surface area contributed by atoms with Gasteiger partial charge in [-0.05, 0) is 57.2 Å². The van der Waals surface area contributed by atoms with Crippen LogP contribution in [-0.4, -0.2) is 22.1 Å². The van der Waals surface area contributed by atoms with Crippen LogP contribution in [0.2, 0.25) is 0 Å². The topological polar surface area (TPSA) is 64.4 Å². The summed E-state index contributed by atoms with van der Waals surface area (Å²) in [6, 6.07) is 13.7. The van der Waals surface area contributed by atoms with Crippen molar-refractivity contribution in [2.75, 3.05) is 11.5 Å². The van der Waals surface area contributed by atoms with Crippen LogP contribution in [0.25, 0.3) is 10.9 Å². The summed E-state index contributed by atoms with van der Waals surface area (Å²) in [6.07, 6.45) is 0. The van der Waals surface area contributed by atoms with Crippen molar-refractivity contribution in [1.29, 1.82) is 0 Å². The molecule has 1 amide bonds. The molecule has 0 bridgehead atoms. The third-order valence-corrected chi connectivity index (χ3v) is 5.00. The van der Waals surface area contributed by atoms with Crippen molar-refractivity contribution in [3.63, 3.8) is 0 Å². The van der Waals surface area contributed by atoms with Crippen molar-refractivity contribution in [2.24, 2.45) is 0 Å². The minimum atomic E-state index is -0.618. The van der Waals surface area contributed by atoms with E-state index in [2.05, 4.69) is 0 Å². The molecule has 6 heteroatoms. The van der Waals surface area contributed by atoms with E-state index >= 15 is 0 Å². The average molecular weight is 363 g/mol. The molecule has 0 aliphatic carbocycles. The molecule has 0 radical (unpaired) electrons. The van der Waals surface area contributed by atoms with Gasteiger partial charge in [-0.25, -0.2) is 4.98 Å². The van der Waals surface area contributed by atoms with Crippen molar-refractivity contribution in [3.05, 3.63) is 64.7 Å². The van der Waals surface area contributed by atoms with Crippen LogP contribution >= 0.6 is 0 Å². The first kappa shape index (κ1) is 17.3. The van der Waals surface area contributed by atoms with Gasteiger partial charge in [-0.2, -0.15) is 0 Å². The van der Waals surface area contributed by atoms with E-state index in [-0.39, 0.29) is 17.5 Å². The average Bonchev–Trinajstić information content (AvgIpc) is 2.68. The zero-order valence-electron chi connectivity index (χ0n) is 15.5. The van der Waals surface area contributed by atoms with Gasteiger partial charge >= 0.3 is 0 Å². The molecule has 4 rings (SSSR count). The molecule has 2 heterocycles. The first-order chi connectivity index (χ1) is 13.0. The molecule has 27 heavy (non-hydrogen) atoms. The smallest absolute Gasteiger partial charge is 0.262 e. The summed E-state index contributed by atoms with van der Waals surface area (Å²) in [5, 5.41) is 0.530. The molecule has 1 aromatic heterocycles. The normalized spacial score (nSPS) is 19.2. The Balaban J connectivity index is 1.85. The Bertz CT molecular complexity index is 1070. The summed E-state index contributed by atoms with van der Waals surface area (Å²) < 4.78 is 7.01. The number of amides is 1. The molecule has 0 saturated carbocycles. The fourth-order valence-electron chi connectivity index (χ4n) is 3.67. The van der Waals surface area contributed by atoms with Crippen LogP contribution < -0.4 is 15.2 Å².